The summed E-state index contributed by atoms with van der Waals surface area (Å²) in [6, 6.07) is 25.2. The summed E-state index contributed by atoms with van der Waals surface area (Å²) in [4.78, 5) is 34.7. The summed E-state index contributed by atoms with van der Waals surface area (Å²) in [6.45, 7) is 11.8. The third-order valence-electron chi connectivity index (χ3n) is 10.3. The van der Waals surface area contributed by atoms with Gasteiger partial charge in [-0.1, -0.05) is 22.0 Å². The van der Waals surface area contributed by atoms with Crippen molar-refractivity contribution in [3.63, 3.8) is 0 Å². The minimum atomic E-state index is -0.116. The number of halogens is 1. The van der Waals surface area contributed by atoms with Gasteiger partial charge in [-0.3, -0.25) is 9.59 Å². The van der Waals surface area contributed by atoms with E-state index in [1.54, 1.807) is 25.6 Å². The highest BCUT2D eigenvalue weighted by Gasteiger charge is 2.21. The minimum Gasteiger partial charge on any atom is -0.495 e. The molecule has 2 N–H and O–H groups in total. The fraction of sp³-hybridized carbons (Fsp3) is 0.318. The number of likely N-dealkylation sites (N-methyl/N-ethyl adjacent to an activating group) is 2. The second-order valence-electron chi connectivity index (χ2n) is 14.3. The van der Waals surface area contributed by atoms with Gasteiger partial charge in [0.15, 0.2) is 0 Å². The molecule has 2 fully saturated rings. The second kappa shape index (κ2) is 18.8. The lowest BCUT2D eigenvalue weighted by Crippen LogP contribution is -2.44. The number of rotatable bonds is 9. The Bertz CT molecular complexity index is 2130. The van der Waals surface area contributed by atoms with Gasteiger partial charge in [-0.25, -0.2) is 0 Å². The van der Waals surface area contributed by atoms with Crippen LogP contribution in [0.4, 0.5) is 22.7 Å². The standard InChI is InChI=1S/C24H27N3O2S.C20H24BrN3O2/c1-17-14-18(4-6-21(17)19-8-13-30-16-19)24(28)25-20-5-7-23(29-3)22(15-20)27-11-9-26(2)10-12-27;1-14-12-15(4-6-17(14)21)20(25)22-16-5-7-19(26-3)18(13-16)24-10-8-23(2)9-11-24/h4-8,13-16H,9-12H2,1-3H3,(H,25,28);4-7,12-13H,8-11H2,1-3H3,(H,22,25). The average molecular weight is 840 g/mol. The Kier molecular flexibility index (Phi) is 13.7. The van der Waals surface area contributed by atoms with Gasteiger partial charge in [-0.05, 0) is 134 Å². The highest BCUT2D eigenvalue weighted by molar-refractivity contribution is 9.10. The van der Waals surface area contributed by atoms with Gasteiger partial charge in [-0.15, -0.1) is 0 Å². The summed E-state index contributed by atoms with van der Waals surface area (Å²) < 4.78 is 12.1. The van der Waals surface area contributed by atoms with Crippen LogP contribution in [-0.2, 0) is 0 Å². The molecule has 56 heavy (non-hydrogen) atoms. The number of nitrogens with zero attached hydrogens (tertiary/aromatic N) is 4. The molecule has 0 aliphatic carbocycles. The number of nitrogens with one attached hydrogen (secondary N) is 2. The Labute approximate surface area is 343 Å². The number of hydrogen-bond acceptors (Lipinski definition) is 9. The van der Waals surface area contributed by atoms with E-state index >= 15 is 0 Å². The van der Waals surface area contributed by atoms with Crippen LogP contribution in [0.25, 0.3) is 11.1 Å². The SMILES string of the molecule is COc1ccc(NC(=O)c2ccc(-c3ccsc3)c(C)c2)cc1N1CCN(C)CC1.COc1ccc(NC(=O)c2ccc(Br)c(C)c2)cc1N1CCN(C)CC1. The van der Waals surface area contributed by atoms with E-state index < -0.39 is 0 Å². The fourth-order valence-electron chi connectivity index (χ4n) is 6.86. The number of thiophene rings is 1. The van der Waals surface area contributed by atoms with Gasteiger partial charge in [0.05, 0.1) is 25.6 Å². The van der Waals surface area contributed by atoms with Crippen molar-refractivity contribution in [3.8, 4) is 22.6 Å². The number of aryl methyl sites for hydroxylation is 2. The van der Waals surface area contributed by atoms with Gasteiger partial charge in [-0.2, -0.15) is 11.3 Å². The summed E-state index contributed by atoms with van der Waals surface area (Å²) in [5.41, 5.74) is 9.36. The van der Waals surface area contributed by atoms with Crippen LogP contribution in [-0.4, -0.2) is 102 Å². The molecule has 4 aromatic carbocycles. The van der Waals surface area contributed by atoms with Gasteiger partial charge in [0, 0.05) is 79.3 Å². The zero-order valence-corrected chi connectivity index (χ0v) is 35.4. The van der Waals surface area contributed by atoms with Crippen molar-refractivity contribution < 1.29 is 19.1 Å². The molecule has 294 valence electrons. The molecule has 12 heteroatoms. The average Bonchev–Trinajstić information content (AvgIpc) is 3.75. The number of carbonyl (C=O) groups is 2. The Morgan fingerprint density at radius 3 is 1.54 bits per heavy atom. The number of piperazine rings is 2. The zero-order chi connectivity index (χ0) is 39.8. The zero-order valence-electron chi connectivity index (χ0n) is 33.0. The van der Waals surface area contributed by atoms with Gasteiger partial charge in [0.1, 0.15) is 11.5 Å². The molecule has 2 aliphatic rings. The normalized spacial score (nSPS) is 14.8. The van der Waals surface area contributed by atoms with Gasteiger partial charge >= 0.3 is 0 Å². The van der Waals surface area contributed by atoms with E-state index in [1.807, 2.05) is 86.6 Å². The number of ether oxygens (including phenoxy) is 2. The first-order valence-electron chi connectivity index (χ1n) is 18.8. The number of benzene rings is 4. The molecule has 0 radical (unpaired) electrons. The van der Waals surface area contributed by atoms with E-state index in [-0.39, 0.29) is 11.8 Å². The van der Waals surface area contributed by atoms with E-state index in [4.69, 9.17) is 9.47 Å². The van der Waals surface area contributed by atoms with Crippen molar-refractivity contribution in [2.45, 2.75) is 13.8 Å². The van der Waals surface area contributed by atoms with E-state index in [0.717, 1.165) is 108 Å². The van der Waals surface area contributed by atoms with E-state index in [9.17, 15) is 9.59 Å². The lowest BCUT2D eigenvalue weighted by Gasteiger charge is -2.35. The molecular formula is C44H51BrN6O4S. The maximum absolute atomic E-state index is 12.9. The fourth-order valence-corrected chi connectivity index (χ4v) is 7.77. The minimum absolute atomic E-state index is 0.107. The van der Waals surface area contributed by atoms with Crippen LogP contribution < -0.4 is 29.9 Å². The number of anilines is 4. The van der Waals surface area contributed by atoms with Crippen LogP contribution in [0.5, 0.6) is 11.5 Å². The first-order valence-corrected chi connectivity index (χ1v) is 20.5. The number of methoxy groups -OCH3 is 2. The lowest BCUT2D eigenvalue weighted by molar-refractivity contribution is 0.101. The van der Waals surface area contributed by atoms with E-state index in [2.05, 4.69) is 77.1 Å². The van der Waals surface area contributed by atoms with Gasteiger partial charge in [0.25, 0.3) is 11.8 Å². The molecule has 5 aromatic rings. The molecule has 0 bridgehead atoms. The van der Waals surface area contributed by atoms with Crippen LogP contribution in [0, 0.1) is 13.8 Å². The van der Waals surface area contributed by atoms with Crippen molar-refractivity contribution in [2.24, 2.45) is 0 Å². The van der Waals surface area contributed by atoms with Crippen molar-refractivity contribution >= 4 is 61.8 Å². The largest absolute Gasteiger partial charge is 0.495 e. The van der Waals surface area contributed by atoms with Crippen LogP contribution in [0.1, 0.15) is 31.8 Å². The quantitative estimate of drug-likeness (QED) is 0.153. The summed E-state index contributed by atoms with van der Waals surface area (Å²) in [6.07, 6.45) is 0. The molecule has 2 saturated heterocycles. The molecule has 1 aromatic heterocycles. The molecule has 0 unspecified atom stereocenters. The van der Waals surface area contributed by atoms with Crippen LogP contribution in [0.3, 0.4) is 0 Å². The Morgan fingerprint density at radius 2 is 1.11 bits per heavy atom. The molecule has 10 nitrogen and oxygen atoms in total. The molecule has 2 aliphatic heterocycles. The highest BCUT2D eigenvalue weighted by atomic mass is 79.9. The van der Waals surface area contributed by atoms with Crippen LogP contribution >= 0.6 is 27.3 Å². The lowest BCUT2D eigenvalue weighted by atomic mass is 10.0. The maximum Gasteiger partial charge on any atom is 0.255 e. The Balaban J connectivity index is 0.000000192. The Hall–Kier alpha value is -4.88. The smallest absolute Gasteiger partial charge is 0.255 e. The molecule has 3 heterocycles. The Morgan fingerprint density at radius 1 is 0.625 bits per heavy atom. The summed E-state index contributed by atoms with van der Waals surface area (Å²) in [5, 5.41) is 10.2. The van der Waals surface area contributed by atoms with Gasteiger partial charge < -0.3 is 39.7 Å². The predicted octanol–water partition coefficient (Wildman–Crippen LogP) is 8.51. The highest BCUT2D eigenvalue weighted by Crippen LogP contribution is 2.34. The third kappa shape index (κ3) is 10.1. The number of carbonyl (C=O) groups excluding carboxylic acids is 2. The van der Waals surface area contributed by atoms with Crippen molar-refractivity contribution in [1.82, 2.24) is 9.80 Å². The molecule has 0 spiro atoms. The van der Waals surface area contributed by atoms with Crippen molar-refractivity contribution in [3.05, 3.63) is 116 Å². The van der Waals surface area contributed by atoms with E-state index in [0.29, 0.717) is 11.1 Å². The second-order valence-corrected chi connectivity index (χ2v) is 15.9. The number of hydrogen-bond donors (Lipinski definition) is 2. The van der Waals surface area contributed by atoms with Gasteiger partial charge in [0.2, 0.25) is 0 Å². The summed E-state index contributed by atoms with van der Waals surface area (Å²) in [5.74, 6) is 1.43. The molecular weight excluding hydrogens is 788 g/mol. The van der Waals surface area contributed by atoms with Crippen molar-refractivity contribution in [2.75, 3.05) is 101 Å². The molecule has 0 atom stereocenters. The summed E-state index contributed by atoms with van der Waals surface area (Å²) >= 11 is 5.14. The van der Waals surface area contributed by atoms with Crippen LogP contribution in [0.2, 0.25) is 0 Å². The molecule has 0 saturated carbocycles. The first-order chi connectivity index (χ1) is 27.0. The maximum atomic E-state index is 12.9. The predicted molar refractivity (Wildman–Crippen MR) is 235 cm³/mol. The van der Waals surface area contributed by atoms with Crippen molar-refractivity contribution in [1.29, 1.82) is 0 Å². The van der Waals surface area contributed by atoms with E-state index in [1.165, 1.54) is 5.56 Å². The third-order valence-corrected chi connectivity index (χ3v) is 11.9. The summed E-state index contributed by atoms with van der Waals surface area (Å²) in [7, 11) is 7.63. The molecule has 7 rings (SSSR count). The monoisotopic (exact) mass is 838 g/mol. The first kappa shape index (κ1) is 40.8. The molecule has 2 amide bonds. The topological polar surface area (TPSA) is 89.6 Å². The number of amides is 2. The van der Waals surface area contributed by atoms with Crippen LogP contribution in [0.15, 0.2) is 94.1 Å².